The highest BCUT2D eigenvalue weighted by Crippen LogP contribution is 2.28. The third-order valence-corrected chi connectivity index (χ3v) is 3.64. The van der Waals surface area contributed by atoms with Gasteiger partial charge in [0.05, 0.1) is 6.61 Å². The number of hydrogen-bond donors (Lipinski definition) is 1. The zero-order valence-electron chi connectivity index (χ0n) is 11.4. The first kappa shape index (κ1) is 14.0. The quantitative estimate of drug-likeness (QED) is 0.818. The summed E-state index contributed by atoms with van der Waals surface area (Å²) >= 11 is 0. The minimum atomic E-state index is -0.294. The Labute approximate surface area is 114 Å². The molecular formula is C15H22N2O2. The molecule has 0 bridgehead atoms. The van der Waals surface area contributed by atoms with Gasteiger partial charge in [0.1, 0.15) is 6.04 Å². The highest BCUT2D eigenvalue weighted by molar-refractivity contribution is 5.77. The lowest BCUT2D eigenvalue weighted by Crippen LogP contribution is -2.34. The van der Waals surface area contributed by atoms with Gasteiger partial charge in [-0.3, -0.25) is 4.90 Å². The molecule has 2 atom stereocenters. The fourth-order valence-electron chi connectivity index (χ4n) is 2.64. The highest BCUT2D eigenvalue weighted by Gasteiger charge is 2.33. The lowest BCUT2D eigenvalue weighted by atomic mass is 10.1. The zero-order chi connectivity index (χ0) is 13.7. The van der Waals surface area contributed by atoms with Gasteiger partial charge in [-0.25, -0.2) is 4.79 Å². The number of hydrogen-bond acceptors (Lipinski definition) is 4. The zero-order valence-corrected chi connectivity index (χ0v) is 11.4. The Kier molecular flexibility index (Phi) is 4.93. The number of carbonyl (C=O) groups excluding carboxylic acids is 1. The Morgan fingerprint density at radius 3 is 2.79 bits per heavy atom. The monoisotopic (exact) mass is 262 g/mol. The first-order valence-electron chi connectivity index (χ1n) is 6.92. The Morgan fingerprint density at radius 2 is 2.21 bits per heavy atom. The van der Waals surface area contributed by atoms with Gasteiger partial charge in [0, 0.05) is 6.54 Å². The molecule has 4 heteroatoms. The number of carbonyl (C=O) groups is 1. The molecule has 1 heterocycles. The molecule has 1 aliphatic rings. The Balaban J connectivity index is 2.18. The molecule has 2 unspecified atom stereocenters. The minimum absolute atomic E-state index is 0.161. The van der Waals surface area contributed by atoms with Gasteiger partial charge in [-0.1, -0.05) is 30.3 Å². The maximum absolute atomic E-state index is 12.2. The lowest BCUT2D eigenvalue weighted by molar-refractivity contribution is -0.149. The fourth-order valence-corrected chi connectivity index (χ4v) is 2.64. The van der Waals surface area contributed by atoms with Gasteiger partial charge >= 0.3 is 5.97 Å². The van der Waals surface area contributed by atoms with Crippen LogP contribution in [0.15, 0.2) is 30.3 Å². The normalized spacial score (nSPS) is 21.3. The van der Waals surface area contributed by atoms with Gasteiger partial charge in [0.2, 0.25) is 0 Å². The van der Waals surface area contributed by atoms with Crippen molar-refractivity contribution in [3.8, 4) is 0 Å². The molecule has 4 nitrogen and oxygen atoms in total. The van der Waals surface area contributed by atoms with Crippen LogP contribution in [0, 0.1) is 5.92 Å². The van der Waals surface area contributed by atoms with E-state index in [2.05, 4.69) is 4.90 Å². The summed E-state index contributed by atoms with van der Waals surface area (Å²) in [5.41, 5.74) is 6.73. The van der Waals surface area contributed by atoms with Crippen LogP contribution in [0.1, 0.15) is 24.9 Å². The summed E-state index contributed by atoms with van der Waals surface area (Å²) in [5, 5.41) is 0. The summed E-state index contributed by atoms with van der Waals surface area (Å²) < 4.78 is 5.23. The van der Waals surface area contributed by atoms with Crippen molar-refractivity contribution in [3.05, 3.63) is 35.9 Å². The fraction of sp³-hybridized carbons (Fsp3) is 0.533. The molecule has 19 heavy (non-hydrogen) atoms. The summed E-state index contributed by atoms with van der Waals surface area (Å²) in [6, 6.07) is 9.54. The molecule has 104 valence electrons. The number of nitrogens with two attached hydrogens (primary N) is 1. The first-order chi connectivity index (χ1) is 9.26. The van der Waals surface area contributed by atoms with Crippen molar-refractivity contribution >= 4 is 5.97 Å². The van der Waals surface area contributed by atoms with E-state index in [4.69, 9.17) is 10.5 Å². The molecule has 2 N–H and O–H groups in total. The van der Waals surface area contributed by atoms with Gasteiger partial charge in [-0.15, -0.1) is 0 Å². The highest BCUT2D eigenvalue weighted by atomic mass is 16.5. The molecule has 0 aliphatic carbocycles. The summed E-state index contributed by atoms with van der Waals surface area (Å²) in [5.74, 6) is 0.326. The molecule has 0 amide bonds. The van der Waals surface area contributed by atoms with E-state index in [-0.39, 0.29) is 12.0 Å². The molecule has 1 aromatic carbocycles. The van der Waals surface area contributed by atoms with Gasteiger partial charge in [-0.2, -0.15) is 0 Å². The number of rotatable bonds is 5. The second-order valence-electron chi connectivity index (χ2n) is 4.95. The first-order valence-corrected chi connectivity index (χ1v) is 6.92. The molecule has 0 radical (unpaired) electrons. The van der Waals surface area contributed by atoms with Crippen LogP contribution < -0.4 is 5.73 Å². The third-order valence-electron chi connectivity index (χ3n) is 3.64. The Morgan fingerprint density at radius 1 is 1.47 bits per heavy atom. The SMILES string of the molecule is CCOC(=O)C(c1ccccc1)N1CCC(CN)C1. The van der Waals surface area contributed by atoms with Crippen molar-refractivity contribution in [2.75, 3.05) is 26.2 Å². The van der Waals surface area contributed by atoms with Crippen LogP contribution in [0.3, 0.4) is 0 Å². The minimum Gasteiger partial charge on any atom is -0.465 e. The van der Waals surface area contributed by atoms with Gasteiger partial charge in [-0.05, 0) is 37.9 Å². The van der Waals surface area contributed by atoms with E-state index in [1.807, 2.05) is 37.3 Å². The summed E-state index contributed by atoms with van der Waals surface area (Å²) in [4.78, 5) is 14.4. The van der Waals surface area contributed by atoms with Crippen LogP contribution in [0.25, 0.3) is 0 Å². The average molecular weight is 262 g/mol. The molecule has 1 fully saturated rings. The van der Waals surface area contributed by atoms with Crippen LogP contribution in [-0.4, -0.2) is 37.1 Å². The van der Waals surface area contributed by atoms with Crippen molar-refractivity contribution in [3.63, 3.8) is 0 Å². The van der Waals surface area contributed by atoms with Crippen LogP contribution in [0.2, 0.25) is 0 Å². The molecule has 0 aromatic heterocycles. The van der Waals surface area contributed by atoms with Crippen molar-refractivity contribution < 1.29 is 9.53 Å². The number of ether oxygens (including phenoxy) is 1. The molecule has 0 spiro atoms. The number of likely N-dealkylation sites (tertiary alicyclic amines) is 1. The van der Waals surface area contributed by atoms with Crippen molar-refractivity contribution in [2.45, 2.75) is 19.4 Å². The van der Waals surface area contributed by atoms with E-state index in [1.54, 1.807) is 0 Å². The second-order valence-corrected chi connectivity index (χ2v) is 4.95. The lowest BCUT2D eigenvalue weighted by Gasteiger charge is -2.26. The van der Waals surface area contributed by atoms with Crippen LogP contribution in [0.5, 0.6) is 0 Å². The second kappa shape index (κ2) is 6.68. The maximum atomic E-state index is 12.2. The average Bonchev–Trinajstić information content (AvgIpc) is 2.89. The van der Waals surface area contributed by atoms with E-state index in [9.17, 15) is 4.79 Å². The van der Waals surface area contributed by atoms with Crippen molar-refractivity contribution in [1.29, 1.82) is 0 Å². The summed E-state index contributed by atoms with van der Waals surface area (Å²) in [7, 11) is 0. The van der Waals surface area contributed by atoms with E-state index in [0.29, 0.717) is 19.1 Å². The van der Waals surface area contributed by atoms with E-state index >= 15 is 0 Å². The summed E-state index contributed by atoms with van der Waals surface area (Å²) in [6.07, 6.45) is 1.05. The molecule has 1 saturated heterocycles. The summed E-state index contributed by atoms with van der Waals surface area (Å²) in [6.45, 7) is 4.71. The topological polar surface area (TPSA) is 55.6 Å². The van der Waals surface area contributed by atoms with Gasteiger partial charge in [0.15, 0.2) is 0 Å². The van der Waals surface area contributed by atoms with Crippen molar-refractivity contribution in [2.24, 2.45) is 11.7 Å². The molecule has 0 saturated carbocycles. The van der Waals surface area contributed by atoms with Crippen LogP contribution in [0.4, 0.5) is 0 Å². The molecule has 1 aliphatic heterocycles. The van der Waals surface area contributed by atoms with Crippen molar-refractivity contribution in [1.82, 2.24) is 4.90 Å². The Hall–Kier alpha value is -1.39. The standard InChI is InChI=1S/C15H22N2O2/c1-2-19-15(18)14(13-6-4-3-5-7-13)17-9-8-12(10-16)11-17/h3-7,12,14H,2,8-11,16H2,1H3. The third kappa shape index (κ3) is 3.33. The van der Waals surface area contributed by atoms with Gasteiger partial charge < -0.3 is 10.5 Å². The van der Waals surface area contributed by atoms with Crippen LogP contribution in [-0.2, 0) is 9.53 Å². The number of esters is 1. The predicted octanol–water partition coefficient (Wildman–Crippen LogP) is 1.57. The van der Waals surface area contributed by atoms with Gasteiger partial charge in [0.25, 0.3) is 0 Å². The van der Waals surface area contributed by atoms with Crippen LogP contribution >= 0.6 is 0 Å². The van der Waals surface area contributed by atoms with E-state index in [1.165, 1.54) is 0 Å². The smallest absolute Gasteiger partial charge is 0.327 e. The number of benzene rings is 1. The van der Waals surface area contributed by atoms with E-state index in [0.717, 1.165) is 25.1 Å². The molecule has 1 aromatic rings. The molecule has 2 rings (SSSR count). The molecular weight excluding hydrogens is 240 g/mol. The van der Waals surface area contributed by atoms with E-state index < -0.39 is 0 Å². The predicted molar refractivity (Wildman–Crippen MR) is 74.6 cm³/mol. The maximum Gasteiger partial charge on any atom is 0.327 e. The Bertz CT molecular complexity index is 408. The number of nitrogens with zero attached hydrogens (tertiary/aromatic N) is 1. The largest absolute Gasteiger partial charge is 0.465 e.